The lowest BCUT2D eigenvalue weighted by Crippen LogP contribution is -2.21. The van der Waals surface area contributed by atoms with Gasteiger partial charge in [0.25, 0.3) is 0 Å². The van der Waals surface area contributed by atoms with Crippen molar-refractivity contribution in [2.45, 2.75) is 26.4 Å². The fourth-order valence-electron chi connectivity index (χ4n) is 1.73. The van der Waals surface area contributed by atoms with E-state index in [0.29, 0.717) is 11.6 Å². The van der Waals surface area contributed by atoms with E-state index in [9.17, 15) is 5.26 Å². The van der Waals surface area contributed by atoms with Crippen LogP contribution in [0.3, 0.4) is 0 Å². The lowest BCUT2D eigenvalue weighted by Gasteiger charge is -2.10. The minimum Gasteiger partial charge on any atom is -0.310 e. The summed E-state index contributed by atoms with van der Waals surface area (Å²) in [7, 11) is 0. The van der Waals surface area contributed by atoms with Crippen LogP contribution in [0, 0.1) is 11.3 Å². The monoisotopic (exact) mass is 240 g/mol. The number of nitrogens with zero attached hydrogens (tertiary/aromatic N) is 3. The second kappa shape index (κ2) is 5.48. The number of hydrogen-bond donors (Lipinski definition) is 1. The quantitative estimate of drug-likeness (QED) is 0.891. The van der Waals surface area contributed by atoms with E-state index in [0.717, 1.165) is 17.8 Å². The Hall–Kier alpha value is -2.12. The summed E-state index contributed by atoms with van der Waals surface area (Å²) in [6.45, 7) is 4.98. The zero-order chi connectivity index (χ0) is 13.0. The molecule has 0 spiro atoms. The van der Waals surface area contributed by atoms with E-state index in [1.54, 1.807) is 12.5 Å². The Morgan fingerprint density at radius 3 is 2.89 bits per heavy atom. The Morgan fingerprint density at radius 1 is 1.44 bits per heavy atom. The molecule has 4 nitrogen and oxygen atoms in total. The van der Waals surface area contributed by atoms with Crippen molar-refractivity contribution in [1.82, 2.24) is 14.9 Å². The number of benzene rings is 1. The van der Waals surface area contributed by atoms with E-state index >= 15 is 0 Å². The third-order valence-corrected chi connectivity index (χ3v) is 2.68. The third-order valence-electron chi connectivity index (χ3n) is 2.68. The van der Waals surface area contributed by atoms with Crippen LogP contribution in [-0.2, 0) is 6.54 Å². The molecule has 4 heteroatoms. The summed E-state index contributed by atoms with van der Waals surface area (Å²) >= 11 is 0. The molecule has 0 unspecified atom stereocenters. The molecule has 1 aromatic carbocycles. The molecule has 0 saturated carbocycles. The molecule has 0 atom stereocenters. The topological polar surface area (TPSA) is 53.6 Å². The Morgan fingerprint density at radius 2 is 2.28 bits per heavy atom. The molecule has 2 aromatic rings. The standard InChI is InChI=1S/C14H16N4/c1-11(2)17-9-12-3-4-14(13(7-12)8-15)18-6-5-16-10-18/h3-7,10-11,17H,9H2,1-2H3. The summed E-state index contributed by atoms with van der Waals surface area (Å²) in [5, 5.41) is 12.6. The van der Waals surface area contributed by atoms with Crippen LogP contribution in [0.1, 0.15) is 25.0 Å². The molecule has 0 radical (unpaired) electrons. The first kappa shape index (κ1) is 12.3. The summed E-state index contributed by atoms with van der Waals surface area (Å²) in [5.74, 6) is 0. The molecule has 92 valence electrons. The number of nitriles is 1. The summed E-state index contributed by atoms with van der Waals surface area (Å²) < 4.78 is 1.85. The molecule has 1 N–H and O–H groups in total. The highest BCUT2D eigenvalue weighted by atomic mass is 15.0. The van der Waals surface area contributed by atoms with Gasteiger partial charge < -0.3 is 9.88 Å². The molecule has 0 amide bonds. The van der Waals surface area contributed by atoms with E-state index in [1.165, 1.54) is 0 Å². The van der Waals surface area contributed by atoms with E-state index in [4.69, 9.17) is 0 Å². The normalized spacial score (nSPS) is 10.6. The van der Waals surface area contributed by atoms with E-state index < -0.39 is 0 Å². The lowest BCUT2D eigenvalue weighted by atomic mass is 10.1. The Bertz CT molecular complexity index is 550. The maximum Gasteiger partial charge on any atom is 0.101 e. The number of imidazole rings is 1. The highest BCUT2D eigenvalue weighted by Crippen LogP contribution is 2.15. The first-order chi connectivity index (χ1) is 8.70. The van der Waals surface area contributed by atoms with Crippen molar-refractivity contribution in [1.29, 1.82) is 5.26 Å². The van der Waals surface area contributed by atoms with Gasteiger partial charge in [-0.2, -0.15) is 5.26 Å². The predicted octanol–water partition coefficient (Wildman–Crippen LogP) is 2.24. The van der Waals surface area contributed by atoms with Crippen molar-refractivity contribution < 1.29 is 0 Å². The molecule has 1 heterocycles. The predicted molar refractivity (Wildman–Crippen MR) is 70.3 cm³/mol. The SMILES string of the molecule is CC(C)NCc1ccc(-n2ccnc2)c(C#N)c1. The van der Waals surface area contributed by atoms with Gasteiger partial charge in [-0.05, 0) is 17.7 Å². The van der Waals surface area contributed by atoms with Crippen LogP contribution in [0.4, 0.5) is 0 Å². The molecule has 0 aliphatic heterocycles. The molecule has 0 aliphatic rings. The maximum absolute atomic E-state index is 9.21. The second-order valence-electron chi connectivity index (χ2n) is 4.47. The van der Waals surface area contributed by atoms with Crippen molar-refractivity contribution in [3.63, 3.8) is 0 Å². The first-order valence-corrected chi connectivity index (χ1v) is 5.95. The smallest absolute Gasteiger partial charge is 0.101 e. The fourth-order valence-corrected chi connectivity index (χ4v) is 1.73. The Kier molecular flexibility index (Phi) is 3.75. The minimum atomic E-state index is 0.434. The zero-order valence-corrected chi connectivity index (χ0v) is 10.6. The van der Waals surface area contributed by atoms with Crippen molar-refractivity contribution in [2.75, 3.05) is 0 Å². The maximum atomic E-state index is 9.21. The van der Waals surface area contributed by atoms with Gasteiger partial charge in [-0.15, -0.1) is 0 Å². The van der Waals surface area contributed by atoms with Gasteiger partial charge in [0.2, 0.25) is 0 Å². The van der Waals surface area contributed by atoms with Gasteiger partial charge in [-0.3, -0.25) is 0 Å². The Balaban J connectivity index is 2.27. The van der Waals surface area contributed by atoms with Crippen molar-refractivity contribution in [3.05, 3.63) is 48.0 Å². The molecular weight excluding hydrogens is 224 g/mol. The molecule has 0 aliphatic carbocycles. The summed E-state index contributed by atoms with van der Waals surface area (Å²) in [5.41, 5.74) is 2.64. The van der Waals surface area contributed by atoms with Crippen LogP contribution in [-0.4, -0.2) is 15.6 Å². The lowest BCUT2D eigenvalue weighted by molar-refractivity contribution is 0.589. The van der Waals surface area contributed by atoms with Gasteiger partial charge in [0, 0.05) is 25.0 Å². The summed E-state index contributed by atoms with van der Waals surface area (Å²) in [6, 6.07) is 8.58. The van der Waals surface area contributed by atoms with Crippen LogP contribution in [0.5, 0.6) is 0 Å². The largest absolute Gasteiger partial charge is 0.310 e. The molecule has 18 heavy (non-hydrogen) atoms. The minimum absolute atomic E-state index is 0.434. The Labute approximate surface area is 107 Å². The van der Waals surface area contributed by atoms with E-state index in [-0.39, 0.29) is 0 Å². The highest BCUT2D eigenvalue weighted by Gasteiger charge is 2.05. The van der Waals surface area contributed by atoms with Crippen molar-refractivity contribution in [2.24, 2.45) is 0 Å². The van der Waals surface area contributed by atoms with Gasteiger partial charge in [0.15, 0.2) is 0 Å². The van der Waals surface area contributed by atoms with Gasteiger partial charge in [0.05, 0.1) is 17.6 Å². The number of rotatable bonds is 4. The van der Waals surface area contributed by atoms with Crippen LogP contribution >= 0.6 is 0 Å². The molecule has 0 saturated heterocycles. The molecule has 0 fully saturated rings. The van der Waals surface area contributed by atoms with Crippen molar-refractivity contribution in [3.8, 4) is 11.8 Å². The molecular formula is C14H16N4. The van der Waals surface area contributed by atoms with Crippen LogP contribution in [0.15, 0.2) is 36.9 Å². The van der Waals surface area contributed by atoms with Gasteiger partial charge in [-0.1, -0.05) is 19.9 Å². The molecule has 1 aromatic heterocycles. The molecule has 0 bridgehead atoms. The van der Waals surface area contributed by atoms with E-state index in [2.05, 4.69) is 30.2 Å². The summed E-state index contributed by atoms with van der Waals surface area (Å²) in [6.07, 6.45) is 5.24. The van der Waals surface area contributed by atoms with Crippen LogP contribution in [0.25, 0.3) is 5.69 Å². The van der Waals surface area contributed by atoms with Gasteiger partial charge in [-0.25, -0.2) is 4.98 Å². The van der Waals surface area contributed by atoms with Gasteiger partial charge >= 0.3 is 0 Å². The number of aromatic nitrogens is 2. The number of nitrogens with one attached hydrogen (secondary N) is 1. The zero-order valence-electron chi connectivity index (χ0n) is 10.6. The van der Waals surface area contributed by atoms with Gasteiger partial charge in [0.1, 0.15) is 6.07 Å². The van der Waals surface area contributed by atoms with Crippen LogP contribution < -0.4 is 5.32 Å². The average molecular weight is 240 g/mol. The van der Waals surface area contributed by atoms with Crippen LogP contribution in [0.2, 0.25) is 0 Å². The molecule has 2 rings (SSSR count). The second-order valence-corrected chi connectivity index (χ2v) is 4.47. The first-order valence-electron chi connectivity index (χ1n) is 5.95. The third kappa shape index (κ3) is 2.76. The average Bonchev–Trinajstić information content (AvgIpc) is 2.89. The fraction of sp³-hybridized carbons (Fsp3) is 0.286. The number of hydrogen-bond acceptors (Lipinski definition) is 3. The highest BCUT2D eigenvalue weighted by molar-refractivity contribution is 5.50. The van der Waals surface area contributed by atoms with E-state index in [1.807, 2.05) is 29.0 Å². The summed E-state index contributed by atoms with van der Waals surface area (Å²) in [4.78, 5) is 4.00. The van der Waals surface area contributed by atoms with Crippen molar-refractivity contribution >= 4 is 0 Å².